The van der Waals surface area contributed by atoms with E-state index < -0.39 is 18.6 Å². The maximum Gasteiger partial charge on any atom is 0.391 e. The number of hydrogen-bond donors (Lipinski definition) is 2. The van der Waals surface area contributed by atoms with E-state index in [9.17, 15) is 18.3 Å². The SMILES string of the molecule is Oc1cccc(NC(CC(F)(F)F)c2ccccc2)c1. The molecule has 106 valence electrons. The first-order chi connectivity index (χ1) is 9.44. The molecule has 2 nitrogen and oxygen atoms in total. The van der Waals surface area contributed by atoms with Gasteiger partial charge in [0.15, 0.2) is 0 Å². The number of benzene rings is 2. The molecule has 0 aliphatic heterocycles. The van der Waals surface area contributed by atoms with Crippen LogP contribution in [0.1, 0.15) is 18.0 Å². The van der Waals surface area contributed by atoms with E-state index in [0.29, 0.717) is 11.3 Å². The molecule has 2 aromatic rings. The number of rotatable bonds is 4. The van der Waals surface area contributed by atoms with E-state index in [1.54, 1.807) is 42.5 Å². The van der Waals surface area contributed by atoms with Crippen LogP contribution in [-0.2, 0) is 0 Å². The van der Waals surface area contributed by atoms with Gasteiger partial charge in [0.05, 0.1) is 12.5 Å². The van der Waals surface area contributed by atoms with Crippen LogP contribution in [0.15, 0.2) is 54.6 Å². The van der Waals surface area contributed by atoms with Crippen LogP contribution in [-0.4, -0.2) is 11.3 Å². The molecular formula is C15H14F3NO. The highest BCUT2D eigenvalue weighted by Crippen LogP contribution is 2.32. The lowest BCUT2D eigenvalue weighted by molar-refractivity contribution is -0.137. The third kappa shape index (κ3) is 4.19. The van der Waals surface area contributed by atoms with E-state index in [1.807, 2.05) is 0 Å². The van der Waals surface area contributed by atoms with Crippen molar-refractivity contribution in [2.75, 3.05) is 5.32 Å². The van der Waals surface area contributed by atoms with Crippen molar-refractivity contribution in [2.24, 2.45) is 0 Å². The molecule has 2 aromatic carbocycles. The molecular weight excluding hydrogens is 267 g/mol. The Bertz CT molecular complexity index is 555. The van der Waals surface area contributed by atoms with Crippen molar-refractivity contribution < 1.29 is 18.3 Å². The van der Waals surface area contributed by atoms with Crippen LogP contribution in [0.2, 0.25) is 0 Å². The van der Waals surface area contributed by atoms with Crippen molar-refractivity contribution in [3.05, 3.63) is 60.2 Å². The van der Waals surface area contributed by atoms with Gasteiger partial charge < -0.3 is 10.4 Å². The summed E-state index contributed by atoms with van der Waals surface area (Å²) in [6.07, 6.45) is -5.25. The van der Waals surface area contributed by atoms with Gasteiger partial charge in [0.1, 0.15) is 5.75 Å². The van der Waals surface area contributed by atoms with Crippen molar-refractivity contribution in [1.29, 1.82) is 0 Å². The van der Waals surface area contributed by atoms with Gasteiger partial charge in [-0.3, -0.25) is 0 Å². The fourth-order valence-corrected chi connectivity index (χ4v) is 1.97. The van der Waals surface area contributed by atoms with Crippen molar-refractivity contribution in [2.45, 2.75) is 18.6 Å². The number of phenols is 1. The molecule has 0 aliphatic carbocycles. The molecule has 0 bridgehead atoms. The quantitative estimate of drug-likeness (QED) is 0.865. The van der Waals surface area contributed by atoms with Crippen LogP contribution in [0.25, 0.3) is 0 Å². The molecule has 2 rings (SSSR count). The van der Waals surface area contributed by atoms with Crippen molar-refractivity contribution in [1.82, 2.24) is 0 Å². The summed E-state index contributed by atoms with van der Waals surface area (Å²) in [4.78, 5) is 0. The molecule has 0 fully saturated rings. The van der Waals surface area contributed by atoms with Gasteiger partial charge in [-0.2, -0.15) is 13.2 Å². The molecule has 0 saturated heterocycles. The van der Waals surface area contributed by atoms with Crippen LogP contribution in [0, 0.1) is 0 Å². The van der Waals surface area contributed by atoms with Gasteiger partial charge in [-0.25, -0.2) is 0 Å². The number of alkyl halides is 3. The smallest absolute Gasteiger partial charge is 0.391 e. The van der Waals surface area contributed by atoms with Gasteiger partial charge in [0.2, 0.25) is 0 Å². The number of aromatic hydroxyl groups is 1. The minimum Gasteiger partial charge on any atom is -0.508 e. The average molecular weight is 281 g/mol. The topological polar surface area (TPSA) is 32.3 Å². The molecule has 5 heteroatoms. The van der Waals surface area contributed by atoms with Gasteiger partial charge in [0, 0.05) is 11.8 Å². The third-order valence-corrected chi connectivity index (χ3v) is 2.82. The molecule has 0 aromatic heterocycles. The molecule has 1 atom stereocenters. The van der Waals surface area contributed by atoms with Crippen LogP contribution < -0.4 is 5.32 Å². The zero-order chi connectivity index (χ0) is 14.6. The Morgan fingerprint density at radius 1 is 1.00 bits per heavy atom. The predicted octanol–water partition coefficient (Wildman–Crippen LogP) is 4.50. The molecule has 0 saturated carbocycles. The molecule has 0 aliphatic rings. The number of hydrogen-bond acceptors (Lipinski definition) is 2. The van der Waals surface area contributed by atoms with Crippen LogP contribution in [0.5, 0.6) is 5.75 Å². The van der Waals surface area contributed by atoms with E-state index in [4.69, 9.17) is 0 Å². The zero-order valence-electron chi connectivity index (χ0n) is 10.6. The molecule has 0 radical (unpaired) electrons. The summed E-state index contributed by atoms with van der Waals surface area (Å²) >= 11 is 0. The second-order valence-electron chi connectivity index (χ2n) is 4.48. The zero-order valence-corrected chi connectivity index (χ0v) is 10.6. The Kier molecular flexibility index (Phi) is 4.17. The molecule has 0 spiro atoms. The first-order valence-electron chi connectivity index (χ1n) is 6.11. The maximum atomic E-state index is 12.7. The number of halogens is 3. The van der Waals surface area contributed by atoms with Crippen LogP contribution >= 0.6 is 0 Å². The lowest BCUT2D eigenvalue weighted by atomic mass is 10.0. The van der Waals surface area contributed by atoms with Crippen molar-refractivity contribution >= 4 is 5.69 Å². The van der Waals surface area contributed by atoms with Gasteiger partial charge in [-0.05, 0) is 17.7 Å². The minimum absolute atomic E-state index is 0.00817. The highest BCUT2D eigenvalue weighted by Gasteiger charge is 2.32. The highest BCUT2D eigenvalue weighted by molar-refractivity contribution is 5.49. The number of nitrogens with one attached hydrogen (secondary N) is 1. The van der Waals surface area contributed by atoms with Gasteiger partial charge in [-0.15, -0.1) is 0 Å². The average Bonchev–Trinajstić information content (AvgIpc) is 2.37. The number of phenolic OH excluding ortho intramolecular Hbond substituents is 1. The number of anilines is 1. The second kappa shape index (κ2) is 5.86. The van der Waals surface area contributed by atoms with Crippen molar-refractivity contribution in [3.8, 4) is 5.75 Å². The molecule has 20 heavy (non-hydrogen) atoms. The molecule has 2 N–H and O–H groups in total. The largest absolute Gasteiger partial charge is 0.508 e. The Labute approximate surface area is 114 Å². The maximum absolute atomic E-state index is 12.7. The lowest BCUT2D eigenvalue weighted by Crippen LogP contribution is -2.20. The van der Waals surface area contributed by atoms with E-state index in [2.05, 4.69) is 5.32 Å². The Morgan fingerprint density at radius 2 is 1.70 bits per heavy atom. The monoisotopic (exact) mass is 281 g/mol. The van der Waals surface area contributed by atoms with Crippen molar-refractivity contribution in [3.63, 3.8) is 0 Å². The van der Waals surface area contributed by atoms with Crippen LogP contribution in [0.4, 0.5) is 18.9 Å². The molecule has 1 unspecified atom stereocenters. The summed E-state index contributed by atoms with van der Waals surface area (Å²) < 4.78 is 38.1. The summed E-state index contributed by atoms with van der Waals surface area (Å²) in [5.74, 6) is 0.00817. The Balaban J connectivity index is 2.23. The Hall–Kier alpha value is -2.17. The lowest BCUT2D eigenvalue weighted by Gasteiger charge is -2.22. The first kappa shape index (κ1) is 14.2. The second-order valence-corrected chi connectivity index (χ2v) is 4.48. The standard InChI is InChI=1S/C15H14F3NO/c16-15(17,18)10-14(11-5-2-1-3-6-11)19-12-7-4-8-13(20)9-12/h1-9,14,19-20H,10H2. The van der Waals surface area contributed by atoms with Gasteiger partial charge in [-0.1, -0.05) is 36.4 Å². The summed E-state index contributed by atoms with van der Waals surface area (Å²) in [5.41, 5.74) is 0.997. The first-order valence-corrected chi connectivity index (χ1v) is 6.11. The van der Waals surface area contributed by atoms with E-state index in [1.165, 1.54) is 12.1 Å². The highest BCUT2D eigenvalue weighted by atomic mass is 19.4. The summed E-state index contributed by atoms with van der Waals surface area (Å²) in [7, 11) is 0. The molecule has 0 heterocycles. The van der Waals surface area contributed by atoms with Gasteiger partial charge >= 0.3 is 6.18 Å². The summed E-state index contributed by atoms with van der Waals surface area (Å²) in [6, 6.07) is 13.6. The fourth-order valence-electron chi connectivity index (χ4n) is 1.97. The Morgan fingerprint density at radius 3 is 2.30 bits per heavy atom. The molecule has 0 amide bonds. The van der Waals surface area contributed by atoms with Gasteiger partial charge in [0.25, 0.3) is 0 Å². The summed E-state index contributed by atoms with van der Waals surface area (Å²) in [6.45, 7) is 0. The third-order valence-electron chi connectivity index (χ3n) is 2.82. The van der Waals surface area contributed by atoms with Crippen LogP contribution in [0.3, 0.4) is 0 Å². The van der Waals surface area contributed by atoms with E-state index in [0.717, 1.165) is 0 Å². The fraction of sp³-hybridized carbons (Fsp3) is 0.200. The predicted molar refractivity (Wildman–Crippen MR) is 71.6 cm³/mol. The van der Waals surface area contributed by atoms with E-state index >= 15 is 0 Å². The normalized spacial score (nSPS) is 12.9. The summed E-state index contributed by atoms with van der Waals surface area (Å²) in [5, 5.41) is 12.2. The van der Waals surface area contributed by atoms with E-state index in [-0.39, 0.29) is 5.75 Å². The minimum atomic E-state index is -4.27.